The Morgan fingerprint density at radius 2 is 1.91 bits per heavy atom. The van der Waals surface area contributed by atoms with Gasteiger partial charge in [-0.15, -0.1) is 0 Å². The molecule has 0 atom stereocenters. The van der Waals surface area contributed by atoms with Crippen LogP contribution in [0, 0.1) is 5.82 Å². The van der Waals surface area contributed by atoms with Crippen LogP contribution in [0.15, 0.2) is 77.9 Å². The predicted octanol–water partition coefficient (Wildman–Crippen LogP) is 5.30. The molecule has 0 aliphatic rings. The van der Waals surface area contributed by atoms with E-state index >= 15 is 0 Å². The first kappa shape index (κ1) is 22.0. The summed E-state index contributed by atoms with van der Waals surface area (Å²) in [4.78, 5) is 17.5. The highest BCUT2D eigenvalue weighted by Gasteiger charge is 2.14. The molecule has 2 N–H and O–H groups in total. The van der Waals surface area contributed by atoms with E-state index in [1.165, 1.54) is 24.4 Å². The number of nitrogens with one attached hydrogen (secondary N) is 1. The fourth-order valence-corrected chi connectivity index (χ4v) is 3.29. The number of fused-ring (bicyclic) bond motifs is 1. The number of phenols is 1. The summed E-state index contributed by atoms with van der Waals surface area (Å²) in [5.41, 5.74) is 5.19. The number of nitrogens with zero attached hydrogens (tertiary/aromatic N) is 2. The third-order valence-electron chi connectivity index (χ3n) is 4.95. The summed E-state index contributed by atoms with van der Waals surface area (Å²) in [6.07, 6.45) is 2.23. The first-order valence-corrected chi connectivity index (χ1v) is 10.5. The van der Waals surface area contributed by atoms with Crippen molar-refractivity contribution in [2.24, 2.45) is 5.10 Å². The van der Waals surface area contributed by atoms with Gasteiger partial charge in [-0.3, -0.25) is 4.79 Å². The number of ether oxygens (including phenoxy) is 1. The normalized spacial score (nSPS) is 11.1. The topological polar surface area (TPSA) is 83.8 Å². The Hall–Kier alpha value is -4.26. The molecule has 6 nitrogen and oxygen atoms in total. The van der Waals surface area contributed by atoms with E-state index in [2.05, 4.69) is 15.5 Å². The van der Waals surface area contributed by atoms with Crippen LogP contribution in [0.5, 0.6) is 11.5 Å². The maximum Gasteiger partial charge on any atom is 0.272 e. The van der Waals surface area contributed by atoms with Crippen LogP contribution in [-0.4, -0.2) is 28.8 Å². The summed E-state index contributed by atoms with van der Waals surface area (Å²) in [5, 5.41) is 14.8. The Kier molecular flexibility index (Phi) is 6.59. The molecule has 0 aliphatic heterocycles. The molecule has 33 heavy (non-hydrogen) atoms. The smallest absolute Gasteiger partial charge is 0.272 e. The quantitative estimate of drug-likeness (QED) is 0.300. The summed E-state index contributed by atoms with van der Waals surface area (Å²) in [5.74, 6) is -0.225. The number of rotatable bonds is 7. The van der Waals surface area contributed by atoms with Gasteiger partial charge in [0.2, 0.25) is 0 Å². The number of carbonyl (C=O) groups excluding carboxylic acids is 1. The summed E-state index contributed by atoms with van der Waals surface area (Å²) in [7, 11) is 0. The molecule has 0 bridgehead atoms. The van der Waals surface area contributed by atoms with Gasteiger partial charge in [-0.2, -0.15) is 5.10 Å². The average Bonchev–Trinajstić information content (AvgIpc) is 2.83. The largest absolute Gasteiger partial charge is 0.507 e. The van der Waals surface area contributed by atoms with Crippen molar-refractivity contribution in [1.82, 2.24) is 10.4 Å². The lowest BCUT2D eigenvalue weighted by atomic mass is 10.0. The number of hydrazone groups is 1. The Labute approximate surface area is 190 Å². The lowest BCUT2D eigenvalue weighted by molar-refractivity contribution is 0.0956. The van der Waals surface area contributed by atoms with Crippen LogP contribution < -0.4 is 10.2 Å². The fraction of sp³-hybridized carbons (Fsp3) is 0.115. The number of phenolic OH excluding ortho intramolecular Hbond substituents is 1. The van der Waals surface area contributed by atoms with E-state index in [9.17, 15) is 14.3 Å². The minimum atomic E-state index is -0.435. The van der Waals surface area contributed by atoms with E-state index in [1.807, 2.05) is 25.1 Å². The van der Waals surface area contributed by atoms with Gasteiger partial charge in [0, 0.05) is 22.6 Å². The number of hydrogen-bond donors (Lipinski definition) is 2. The first-order chi connectivity index (χ1) is 16.0. The molecule has 4 rings (SSSR count). The van der Waals surface area contributed by atoms with Gasteiger partial charge in [0.1, 0.15) is 17.3 Å². The molecule has 0 unspecified atom stereocenters. The van der Waals surface area contributed by atoms with Crippen molar-refractivity contribution in [3.63, 3.8) is 0 Å². The van der Waals surface area contributed by atoms with E-state index in [0.29, 0.717) is 45.6 Å². The molecule has 4 aromatic rings. The third kappa shape index (κ3) is 5.15. The van der Waals surface area contributed by atoms with Crippen LogP contribution >= 0.6 is 0 Å². The van der Waals surface area contributed by atoms with E-state index < -0.39 is 5.91 Å². The van der Waals surface area contributed by atoms with Crippen molar-refractivity contribution >= 4 is 23.0 Å². The van der Waals surface area contributed by atoms with Gasteiger partial charge in [0.15, 0.2) is 0 Å². The number of aromatic nitrogens is 1. The van der Waals surface area contributed by atoms with Crippen molar-refractivity contribution in [3.8, 4) is 22.8 Å². The second-order valence-electron chi connectivity index (χ2n) is 7.35. The molecular weight excluding hydrogens is 421 g/mol. The van der Waals surface area contributed by atoms with Crippen LogP contribution in [0.3, 0.4) is 0 Å². The van der Waals surface area contributed by atoms with Crippen molar-refractivity contribution in [3.05, 3.63) is 89.7 Å². The van der Waals surface area contributed by atoms with E-state index in [0.717, 1.165) is 6.42 Å². The maximum absolute atomic E-state index is 13.3. The highest BCUT2D eigenvalue weighted by Crippen LogP contribution is 2.25. The minimum Gasteiger partial charge on any atom is -0.507 e. The van der Waals surface area contributed by atoms with Gasteiger partial charge in [-0.05, 0) is 55.0 Å². The van der Waals surface area contributed by atoms with Gasteiger partial charge in [-0.25, -0.2) is 14.8 Å². The predicted molar refractivity (Wildman–Crippen MR) is 126 cm³/mol. The zero-order valence-electron chi connectivity index (χ0n) is 18.0. The van der Waals surface area contributed by atoms with Crippen LogP contribution in [0.4, 0.5) is 4.39 Å². The van der Waals surface area contributed by atoms with Crippen LogP contribution in [0.1, 0.15) is 29.3 Å². The highest BCUT2D eigenvalue weighted by molar-refractivity contribution is 6.07. The number of aromatic hydroxyl groups is 1. The molecule has 1 aromatic heterocycles. The Balaban J connectivity index is 1.58. The van der Waals surface area contributed by atoms with E-state index in [4.69, 9.17) is 4.74 Å². The van der Waals surface area contributed by atoms with E-state index in [-0.39, 0.29) is 11.6 Å². The number of benzene rings is 3. The molecule has 0 radical (unpaired) electrons. The zero-order chi connectivity index (χ0) is 23.2. The summed E-state index contributed by atoms with van der Waals surface area (Å²) >= 11 is 0. The minimum absolute atomic E-state index is 0.00504. The zero-order valence-corrected chi connectivity index (χ0v) is 18.0. The van der Waals surface area contributed by atoms with Crippen LogP contribution in [0.25, 0.3) is 22.2 Å². The van der Waals surface area contributed by atoms with Gasteiger partial charge >= 0.3 is 0 Å². The van der Waals surface area contributed by atoms with Gasteiger partial charge in [-0.1, -0.05) is 25.1 Å². The SMILES string of the molecule is CCCOc1ccc(/C=N/NC(=O)c2cc(-c3ccc(F)cc3)nc3ccccc23)c(O)c1. The molecule has 166 valence electrons. The number of para-hydroxylation sites is 1. The molecule has 0 saturated carbocycles. The number of pyridine rings is 1. The van der Waals surface area contributed by atoms with Crippen molar-refractivity contribution < 1.29 is 19.0 Å². The average molecular weight is 443 g/mol. The lowest BCUT2D eigenvalue weighted by Crippen LogP contribution is -2.18. The monoisotopic (exact) mass is 443 g/mol. The molecule has 1 amide bonds. The van der Waals surface area contributed by atoms with Crippen molar-refractivity contribution in [2.75, 3.05) is 6.61 Å². The number of halogens is 1. The molecular formula is C26H22FN3O3. The van der Waals surface area contributed by atoms with Crippen molar-refractivity contribution in [1.29, 1.82) is 0 Å². The van der Waals surface area contributed by atoms with Crippen LogP contribution in [-0.2, 0) is 0 Å². The third-order valence-corrected chi connectivity index (χ3v) is 4.95. The summed E-state index contributed by atoms with van der Waals surface area (Å²) < 4.78 is 18.8. The van der Waals surface area contributed by atoms with Crippen LogP contribution in [0.2, 0.25) is 0 Å². The Morgan fingerprint density at radius 1 is 1.12 bits per heavy atom. The number of hydrogen-bond acceptors (Lipinski definition) is 5. The first-order valence-electron chi connectivity index (χ1n) is 10.5. The summed E-state index contributed by atoms with van der Waals surface area (Å²) in [6, 6.07) is 19.7. The lowest BCUT2D eigenvalue weighted by Gasteiger charge is -2.09. The van der Waals surface area contributed by atoms with E-state index in [1.54, 1.807) is 36.4 Å². The van der Waals surface area contributed by atoms with Gasteiger partial charge in [0.25, 0.3) is 5.91 Å². The summed E-state index contributed by atoms with van der Waals surface area (Å²) in [6.45, 7) is 2.56. The second kappa shape index (κ2) is 9.91. The molecule has 0 fully saturated rings. The molecule has 0 saturated heterocycles. The number of amides is 1. The van der Waals surface area contributed by atoms with Gasteiger partial charge < -0.3 is 9.84 Å². The highest BCUT2D eigenvalue weighted by atomic mass is 19.1. The molecule has 3 aromatic carbocycles. The maximum atomic E-state index is 13.3. The molecule has 0 spiro atoms. The number of carbonyl (C=O) groups is 1. The molecule has 1 heterocycles. The Morgan fingerprint density at radius 3 is 2.67 bits per heavy atom. The fourth-order valence-electron chi connectivity index (χ4n) is 3.29. The van der Waals surface area contributed by atoms with Crippen molar-refractivity contribution in [2.45, 2.75) is 13.3 Å². The standard InChI is InChI=1S/C26H22FN3O3/c1-2-13-33-20-12-9-18(25(31)14-20)16-28-30-26(32)22-15-24(17-7-10-19(27)11-8-17)29-23-6-4-3-5-21(22)23/h3-12,14-16,31H,2,13H2,1H3,(H,30,32)/b28-16+. The molecule has 7 heteroatoms. The second-order valence-corrected chi connectivity index (χ2v) is 7.35. The Bertz CT molecular complexity index is 1320. The molecule has 0 aliphatic carbocycles. The van der Waals surface area contributed by atoms with Gasteiger partial charge in [0.05, 0.1) is 29.6 Å².